The second kappa shape index (κ2) is 7.75. The number of hydrogen-bond donors (Lipinski definition) is 1. The van der Waals surface area contributed by atoms with Crippen molar-refractivity contribution in [3.63, 3.8) is 0 Å². The molecule has 1 aliphatic rings. The SMILES string of the molecule is COc1ccc(S(=O)(=O)Nc2ccc3c(c2)N(C(=O)c2ccco2)CC3)cc1OC. The predicted octanol–water partition coefficient (Wildman–Crippen LogP) is 3.30. The molecule has 0 unspecified atom stereocenters. The van der Waals surface area contributed by atoms with E-state index in [1.165, 1.54) is 38.7 Å². The van der Waals surface area contributed by atoms with Crippen molar-refractivity contribution in [2.75, 3.05) is 30.4 Å². The van der Waals surface area contributed by atoms with Crippen molar-refractivity contribution < 1.29 is 27.1 Å². The normalized spacial score (nSPS) is 13.1. The van der Waals surface area contributed by atoms with Gasteiger partial charge in [-0.3, -0.25) is 9.52 Å². The van der Waals surface area contributed by atoms with Gasteiger partial charge in [0.2, 0.25) is 0 Å². The zero-order valence-corrected chi connectivity index (χ0v) is 17.2. The summed E-state index contributed by atoms with van der Waals surface area (Å²) in [6.07, 6.45) is 2.13. The number of benzene rings is 2. The third-order valence-corrected chi connectivity index (χ3v) is 6.25. The van der Waals surface area contributed by atoms with Crippen LogP contribution in [-0.2, 0) is 16.4 Å². The molecule has 156 valence electrons. The second-order valence-corrected chi connectivity index (χ2v) is 8.33. The third-order valence-electron chi connectivity index (χ3n) is 4.88. The molecule has 0 spiro atoms. The van der Waals surface area contributed by atoms with Crippen molar-refractivity contribution in [1.29, 1.82) is 0 Å². The molecule has 1 amide bonds. The van der Waals surface area contributed by atoms with Crippen molar-refractivity contribution in [3.05, 3.63) is 66.1 Å². The number of nitrogens with one attached hydrogen (secondary N) is 1. The lowest BCUT2D eigenvalue weighted by Crippen LogP contribution is -2.28. The lowest BCUT2D eigenvalue weighted by Gasteiger charge is -2.17. The third kappa shape index (κ3) is 3.59. The summed E-state index contributed by atoms with van der Waals surface area (Å²) in [5.41, 5.74) is 1.97. The van der Waals surface area contributed by atoms with Gasteiger partial charge in [0.15, 0.2) is 17.3 Å². The molecule has 0 aliphatic carbocycles. The molecule has 3 aromatic rings. The zero-order valence-electron chi connectivity index (χ0n) is 16.4. The van der Waals surface area contributed by atoms with Crippen molar-refractivity contribution in [1.82, 2.24) is 0 Å². The van der Waals surface area contributed by atoms with Crippen molar-refractivity contribution in [2.45, 2.75) is 11.3 Å². The van der Waals surface area contributed by atoms with E-state index in [0.29, 0.717) is 35.8 Å². The molecule has 0 atom stereocenters. The topological polar surface area (TPSA) is 98.1 Å². The van der Waals surface area contributed by atoms with E-state index < -0.39 is 10.0 Å². The predicted molar refractivity (Wildman–Crippen MR) is 111 cm³/mol. The molecular formula is C21H20N2O6S. The molecule has 9 heteroatoms. The van der Waals surface area contributed by atoms with Crippen molar-refractivity contribution in [3.8, 4) is 11.5 Å². The zero-order chi connectivity index (χ0) is 21.3. The number of anilines is 2. The minimum atomic E-state index is -3.88. The monoisotopic (exact) mass is 428 g/mol. The molecule has 2 aromatic carbocycles. The van der Waals surface area contributed by atoms with E-state index in [1.54, 1.807) is 29.2 Å². The molecule has 30 heavy (non-hydrogen) atoms. The summed E-state index contributed by atoms with van der Waals surface area (Å²) in [5.74, 6) is 0.711. The minimum absolute atomic E-state index is 0.0316. The van der Waals surface area contributed by atoms with Gasteiger partial charge in [0.05, 0.1) is 31.1 Å². The Labute approximate surface area is 174 Å². The number of rotatable bonds is 6. The van der Waals surface area contributed by atoms with Crippen LogP contribution >= 0.6 is 0 Å². The Hall–Kier alpha value is -3.46. The minimum Gasteiger partial charge on any atom is -0.493 e. The highest BCUT2D eigenvalue weighted by Gasteiger charge is 2.28. The van der Waals surface area contributed by atoms with Gasteiger partial charge in [0.25, 0.3) is 15.9 Å². The van der Waals surface area contributed by atoms with E-state index in [0.717, 1.165) is 5.56 Å². The number of sulfonamides is 1. The number of carbonyl (C=O) groups is 1. The Morgan fingerprint density at radius 1 is 1.07 bits per heavy atom. The van der Waals surface area contributed by atoms with Gasteiger partial charge in [-0.2, -0.15) is 0 Å². The maximum atomic E-state index is 12.9. The van der Waals surface area contributed by atoms with Gasteiger partial charge >= 0.3 is 0 Å². The Bertz CT molecular complexity index is 1190. The number of fused-ring (bicyclic) bond motifs is 1. The van der Waals surface area contributed by atoms with Gasteiger partial charge in [0.1, 0.15) is 0 Å². The summed E-state index contributed by atoms with van der Waals surface area (Å²) < 4.78 is 43.8. The Morgan fingerprint density at radius 3 is 2.57 bits per heavy atom. The average Bonchev–Trinajstić information content (AvgIpc) is 3.42. The Morgan fingerprint density at radius 2 is 1.87 bits per heavy atom. The quantitative estimate of drug-likeness (QED) is 0.647. The van der Waals surface area contributed by atoms with Crippen molar-refractivity contribution >= 4 is 27.3 Å². The number of furan rings is 1. The molecule has 2 heterocycles. The van der Waals surface area contributed by atoms with Crippen LogP contribution in [0.4, 0.5) is 11.4 Å². The fourth-order valence-corrected chi connectivity index (χ4v) is 4.45. The number of nitrogens with zero attached hydrogens (tertiary/aromatic N) is 1. The van der Waals surface area contributed by atoms with Crippen LogP contribution in [0.25, 0.3) is 0 Å². The van der Waals surface area contributed by atoms with Crippen LogP contribution < -0.4 is 19.1 Å². The summed E-state index contributed by atoms with van der Waals surface area (Å²) in [6, 6.07) is 12.8. The van der Waals surface area contributed by atoms with E-state index in [1.807, 2.05) is 6.07 Å². The first kappa shape index (κ1) is 19.8. The fourth-order valence-electron chi connectivity index (χ4n) is 3.38. The van der Waals surface area contributed by atoms with Crippen LogP contribution in [0.15, 0.2) is 64.1 Å². The van der Waals surface area contributed by atoms with Crippen LogP contribution in [0.1, 0.15) is 16.1 Å². The van der Waals surface area contributed by atoms with Gasteiger partial charge in [-0.05, 0) is 48.4 Å². The lowest BCUT2D eigenvalue weighted by atomic mass is 10.1. The van der Waals surface area contributed by atoms with E-state index in [2.05, 4.69) is 4.72 Å². The molecule has 0 saturated heterocycles. The van der Waals surface area contributed by atoms with Crippen molar-refractivity contribution in [2.24, 2.45) is 0 Å². The molecule has 0 saturated carbocycles. The highest BCUT2D eigenvalue weighted by atomic mass is 32.2. The van der Waals surface area contributed by atoms with E-state index in [-0.39, 0.29) is 16.6 Å². The average molecular weight is 428 g/mol. The first-order chi connectivity index (χ1) is 14.4. The Balaban J connectivity index is 1.62. The van der Waals surface area contributed by atoms with Crippen LogP contribution in [0.2, 0.25) is 0 Å². The molecular weight excluding hydrogens is 408 g/mol. The molecule has 1 N–H and O–H groups in total. The summed E-state index contributed by atoms with van der Waals surface area (Å²) in [4.78, 5) is 14.3. The molecule has 1 aliphatic heterocycles. The molecule has 1 aromatic heterocycles. The number of amides is 1. The van der Waals surface area contributed by atoms with Gasteiger partial charge in [-0.15, -0.1) is 0 Å². The summed E-state index contributed by atoms with van der Waals surface area (Å²) >= 11 is 0. The molecule has 0 fully saturated rings. The largest absolute Gasteiger partial charge is 0.493 e. The van der Waals surface area contributed by atoms with E-state index in [4.69, 9.17) is 13.9 Å². The maximum absolute atomic E-state index is 12.9. The summed E-state index contributed by atoms with van der Waals surface area (Å²) in [5, 5.41) is 0. The van der Waals surface area contributed by atoms with Crippen LogP contribution in [0.5, 0.6) is 11.5 Å². The number of hydrogen-bond acceptors (Lipinski definition) is 6. The van der Waals surface area contributed by atoms with Crippen LogP contribution in [-0.4, -0.2) is 35.1 Å². The first-order valence-corrected chi connectivity index (χ1v) is 10.6. The van der Waals surface area contributed by atoms with Gasteiger partial charge in [-0.25, -0.2) is 8.42 Å². The second-order valence-electron chi connectivity index (χ2n) is 6.65. The van der Waals surface area contributed by atoms with Crippen LogP contribution in [0.3, 0.4) is 0 Å². The highest BCUT2D eigenvalue weighted by molar-refractivity contribution is 7.92. The van der Waals surface area contributed by atoms with E-state index in [9.17, 15) is 13.2 Å². The summed E-state index contributed by atoms with van der Waals surface area (Å²) in [6.45, 7) is 0.501. The summed E-state index contributed by atoms with van der Waals surface area (Å²) in [7, 11) is -0.963. The van der Waals surface area contributed by atoms with E-state index >= 15 is 0 Å². The van der Waals surface area contributed by atoms with Gasteiger partial charge < -0.3 is 18.8 Å². The molecule has 4 rings (SSSR count). The highest BCUT2D eigenvalue weighted by Crippen LogP contribution is 2.34. The van der Waals surface area contributed by atoms with Crippen LogP contribution in [0, 0.1) is 0 Å². The Kier molecular flexibility index (Phi) is 5.13. The van der Waals surface area contributed by atoms with Gasteiger partial charge in [0, 0.05) is 18.3 Å². The first-order valence-electron chi connectivity index (χ1n) is 9.16. The number of ether oxygens (including phenoxy) is 2. The standard InChI is InChI=1S/C21H20N2O6S/c1-27-18-8-7-16(13-20(18)28-2)30(25,26)22-15-6-5-14-9-10-23(17(14)12-15)21(24)19-4-3-11-29-19/h3-8,11-13,22H,9-10H2,1-2H3. The lowest BCUT2D eigenvalue weighted by molar-refractivity contribution is 0.0963. The smallest absolute Gasteiger partial charge is 0.293 e. The number of carbonyl (C=O) groups excluding carboxylic acids is 1. The number of methoxy groups -OCH3 is 2. The maximum Gasteiger partial charge on any atom is 0.293 e. The molecule has 0 radical (unpaired) electrons. The fraction of sp³-hybridized carbons (Fsp3) is 0.190. The van der Waals surface area contributed by atoms with Gasteiger partial charge in [-0.1, -0.05) is 6.07 Å². The molecule has 8 nitrogen and oxygen atoms in total. The molecule has 0 bridgehead atoms.